The van der Waals surface area contributed by atoms with Crippen molar-refractivity contribution < 1.29 is 18.9 Å². The van der Waals surface area contributed by atoms with Crippen LogP contribution in [-0.2, 0) is 16.0 Å². The van der Waals surface area contributed by atoms with Crippen molar-refractivity contribution in [2.24, 2.45) is 0 Å². The first-order valence-corrected chi connectivity index (χ1v) is 7.65. The van der Waals surface area contributed by atoms with Crippen molar-refractivity contribution in [2.45, 2.75) is 13.3 Å². The molecule has 0 aromatic heterocycles. The van der Waals surface area contributed by atoms with E-state index in [1.54, 1.807) is 30.0 Å². The molecular weight excluding hydrogens is 285 g/mol. The van der Waals surface area contributed by atoms with E-state index in [0.717, 1.165) is 13.1 Å². The fraction of sp³-hybridized carbons (Fsp3) is 0.500. The molecule has 1 aromatic rings. The second kappa shape index (κ2) is 7.89. The van der Waals surface area contributed by atoms with Crippen molar-refractivity contribution in [3.05, 3.63) is 35.6 Å². The van der Waals surface area contributed by atoms with E-state index < -0.39 is 0 Å². The maximum absolute atomic E-state index is 13.4. The summed E-state index contributed by atoms with van der Waals surface area (Å²) in [4.78, 5) is 26.1. The van der Waals surface area contributed by atoms with E-state index in [9.17, 15) is 14.0 Å². The highest BCUT2D eigenvalue weighted by atomic mass is 19.1. The van der Waals surface area contributed by atoms with Gasteiger partial charge in [0.2, 0.25) is 5.91 Å². The lowest BCUT2D eigenvalue weighted by Gasteiger charge is -2.31. The zero-order valence-electron chi connectivity index (χ0n) is 12.9. The summed E-state index contributed by atoms with van der Waals surface area (Å²) in [6, 6.07) is 6.60. The van der Waals surface area contributed by atoms with Crippen molar-refractivity contribution in [1.29, 1.82) is 0 Å². The summed E-state index contributed by atoms with van der Waals surface area (Å²) in [7, 11) is 0. The zero-order chi connectivity index (χ0) is 15.9. The number of rotatable bonds is 5. The molecule has 1 aliphatic heterocycles. The Morgan fingerprint density at radius 1 is 1.27 bits per heavy atom. The number of carbonyl (C=O) groups excluding carboxylic acids is 2. The number of benzene rings is 1. The van der Waals surface area contributed by atoms with Gasteiger partial charge in [0.05, 0.1) is 26.2 Å². The second-order valence-corrected chi connectivity index (χ2v) is 5.62. The Hall–Kier alpha value is -1.95. The van der Waals surface area contributed by atoms with Crippen LogP contribution in [0.15, 0.2) is 24.3 Å². The first kappa shape index (κ1) is 16.4. The third-order valence-electron chi connectivity index (χ3n) is 4.00. The number of nitrogens with one attached hydrogen (secondary N) is 2. The normalized spacial score (nSPS) is 15.6. The maximum atomic E-state index is 13.4. The third-order valence-corrected chi connectivity index (χ3v) is 4.00. The Labute approximate surface area is 130 Å². The number of quaternary nitrogens is 1. The van der Waals surface area contributed by atoms with Gasteiger partial charge in [-0.15, -0.1) is 0 Å². The summed E-state index contributed by atoms with van der Waals surface area (Å²) in [6.45, 7) is 5.40. The molecule has 2 amide bonds. The van der Waals surface area contributed by atoms with Crippen LogP contribution in [0.5, 0.6) is 0 Å². The molecule has 2 N–H and O–H groups in total. The summed E-state index contributed by atoms with van der Waals surface area (Å²) in [5.41, 5.74) is 0.616. The average Bonchev–Trinajstić information content (AvgIpc) is 2.50. The van der Waals surface area contributed by atoms with Crippen LogP contribution in [0.1, 0.15) is 12.5 Å². The van der Waals surface area contributed by atoms with Gasteiger partial charge in [0.1, 0.15) is 5.82 Å². The van der Waals surface area contributed by atoms with E-state index in [4.69, 9.17) is 0 Å². The van der Waals surface area contributed by atoms with Crippen LogP contribution < -0.4 is 10.2 Å². The highest BCUT2D eigenvalue weighted by molar-refractivity contribution is 5.76. The van der Waals surface area contributed by atoms with Gasteiger partial charge >= 0.3 is 0 Å². The second-order valence-electron chi connectivity index (χ2n) is 5.62. The number of amides is 2. The average molecular weight is 308 g/mol. The molecule has 0 spiro atoms. The molecule has 0 saturated carbocycles. The lowest BCUT2D eigenvalue weighted by atomic mass is 10.1. The molecule has 1 aromatic carbocycles. The Balaban J connectivity index is 1.66. The van der Waals surface area contributed by atoms with Crippen LogP contribution in [0.25, 0.3) is 0 Å². The monoisotopic (exact) mass is 308 g/mol. The van der Waals surface area contributed by atoms with Crippen molar-refractivity contribution in [2.75, 3.05) is 39.3 Å². The Morgan fingerprint density at radius 2 is 1.95 bits per heavy atom. The van der Waals surface area contributed by atoms with E-state index in [1.807, 2.05) is 0 Å². The van der Waals surface area contributed by atoms with E-state index in [1.165, 1.54) is 11.0 Å². The summed E-state index contributed by atoms with van der Waals surface area (Å²) in [5, 5.41) is 2.83. The minimum Gasteiger partial charge on any atom is -0.351 e. The molecule has 0 aliphatic carbocycles. The molecule has 1 heterocycles. The van der Waals surface area contributed by atoms with Crippen LogP contribution in [0.2, 0.25) is 0 Å². The number of carbonyl (C=O) groups is 2. The molecule has 0 bridgehead atoms. The third kappa shape index (κ3) is 4.80. The van der Waals surface area contributed by atoms with Gasteiger partial charge < -0.3 is 15.1 Å². The van der Waals surface area contributed by atoms with Gasteiger partial charge in [0, 0.05) is 13.5 Å². The predicted molar refractivity (Wildman–Crippen MR) is 80.9 cm³/mol. The molecule has 0 radical (unpaired) electrons. The number of hydrogen-bond acceptors (Lipinski definition) is 2. The molecule has 6 heteroatoms. The van der Waals surface area contributed by atoms with E-state index in [2.05, 4.69) is 5.32 Å². The van der Waals surface area contributed by atoms with Crippen molar-refractivity contribution in [3.63, 3.8) is 0 Å². The number of nitrogens with zero attached hydrogens (tertiary/aromatic N) is 1. The van der Waals surface area contributed by atoms with Crippen LogP contribution in [0.4, 0.5) is 4.39 Å². The molecular formula is C16H23FN3O2+. The van der Waals surface area contributed by atoms with Crippen LogP contribution in [0.3, 0.4) is 0 Å². The van der Waals surface area contributed by atoms with Gasteiger partial charge in [-0.1, -0.05) is 18.2 Å². The van der Waals surface area contributed by atoms with Gasteiger partial charge in [-0.05, 0) is 18.1 Å². The standard InChI is InChI=1S/C16H22FN3O2/c1-13(21)20-10-8-19(9-11-20)12-16(22)18-7-6-14-4-2-3-5-15(14)17/h2-5H,6-12H2,1H3,(H,18,22)/p+1. The number of halogens is 1. The number of piperazine rings is 1. The van der Waals surface area contributed by atoms with Crippen LogP contribution >= 0.6 is 0 Å². The number of hydrogen-bond donors (Lipinski definition) is 2. The first-order valence-electron chi connectivity index (χ1n) is 7.65. The van der Waals surface area contributed by atoms with Crippen molar-refractivity contribution >= 4 is 11.8 Å². The summed E-state index contributed by atoms with van der Waals surface area (Å²) in [5.74, 6) is -0.168. The quantitative estimate of drug-likeness (QED) is 0.751. The lowest BCUT2D eigenvalue weighted by molar-refractivity contribution is -0.896. The van der Waals surface area contributed by atoms with Gasteiger partial charge in [-0.2, -0.15) is 0 Å². The van der Waals surface area contributed by atoms with E-state index in [-0.39, 0.29) is 17.6 Å². The maximum Gasteiger partial charge on any atom is 0.275 e. The van der Waals surface area contributed by atoms with Crippen LogP contribution in [-0.4, -0.2) is 56.0 Å². The minimum atomic E-state index is -0.234. The zero-order valence-corrected chi connectivity index (χ0v) is 12.9. The molecule has 5 nitrogen and oxygen atoms in total. The van der Waals surface area contributed by atoms with Crippen molar-refractivity contribution in [3.8, 4) is 0 Å². The molecule has 120 valence electrons. The predicted octanol–water partition coefficient (Wildman–Crippen LogP) is -0.769. The van der Waals surface area contributed by atoms with Gasteiger partial charge in [0.15, 0.2) is 6.54 Å². The molecule has 2 rings (SSSR count). The molecule has 0 atom stereocenters. The molecule has 0 unspecified atom stereocenters. The highest BCUT2D eigenvalue weighted by Crippen LogP contribution is 2.05. The largest absolute Gasteiger partial charge is 0.351 e. The van der Waals surface area contributed by atoms with Gasteiger partial charge in [0.25, 0.3) is 5.91 Å². The summed E-state index contributed by atoms with van der Waals surface area (Å²) >= 11 is 0. The Bertz CT molecular complexity index is 528. The van der Waals surface area contributed by atoms with Gasteiger partial charge in [-0.3, -0.25) is 9.59 Å². The topological polar surface area (TPSA) is 53.9 Å². The fourth-order valence-corrected chi connectivity index (χ4v) is 2.64. The van der Waals surface area contributed by atoms with Crippen molar-refractivity contribution in [1.82, 2.24) is 10.2 Å². The fourth-order valence-electron chi connectivity index (χ4n) is 2.64. The molecule has 1 fully saturated rings. The molecule has 1 aliphatic rings. The van der Waals surface area contributed by atoms with E-state index >= 15 is 0 Å². The Morgan fingerprint density at radius 3 is 2.59 bits per heavy atom. The highest BCUT2D eigenvalue weighted by Gasteiger charge is 2.23. The summed E-state index contributed by atoms with van der Waals surface area (Å²) in [6.07, 6.45) is 0.492. The van der Waals surface area contributed by atoms with Gasteiger partial charge in [-0.25, -0.2) is 4.39 Å². The SMILES string of the molecule is CC(=O)N1CC[NH+](CC(=O)NCCc2ccccc2F)CC1. The van der Waals surface area contributed by atoms with Crippen LogP contribution in [0, 0.1) is 5.82 Å². The Kier molecular flexibility index (Phi) is 5.89. The molecule has 1 saturated heterocycles. The lowest BCUT2D eigenvalue weighted by Crippen LogP contribution is -3.15. The van der Waals surface area contributed by atoms with E-state index in [0.29, 0.717) is 38.2 Å². The summed E-state index contributed by atoms with van der Waals surface area (Å²) < 4.78 is 13.4. The first-order chi connectivity index (χ1) is 10.6. The minimum absolute atomic E-state index is 0.0254. The molecule has 22 heavy (non-hydrogen) atoms. The smallest absolute Gasteiger partial charge is 0.275 e.